The lowest BCUT2D eigenvalue weighted by atomic mass is 10.0. The number of carbonyl (C=O) groups excluding carboxylic acids is 1. The van der Waals surface area contributed by atoms with E-state index < -0.39 is 17.4 Å². The number of hydrogen-bond donors (Lipinski definition) is 2. The van der Waals surface area contributed by atoms with Crippen LogP contribution in [-0.4, -0.2) is 48.0 Å². The zero-order chi connectivity index (χ0) is 18.0. The first-order valence-electron chi connectivity index (χ1n) is 7.33. The van der Waals surface area contributed by atoms with Crippen molar-refractivity contribution in [1.29, 1.82) is 0 Å². The maximum Gasteiger partial charge on any atom is 0.331 e. The molecule has 9 heteroatoms. The zero-order valence-electron chi connectivity index (χ0n) is 13.6. The number of nitrogens with zero attached hydrogens (tertiary/aromatic N) is 1. The first-order chi connectivity index (χ1) is 11.9. The largest absolute Gasteiger partial charge is 0.479 e. The molecule has 2 aromatic rings. The van der Waals surface area contributed by atoms with Crippen LogP contribution in [0.2, 0.25) is 0 Å². The molecular weight excluding hydrogens is 348 g/mol. The molecule has 1 aliphatic heterocycles. The molecule has 8 nitrogen and oxygen atoms in total. The number of fused-ring (bicyclic) bond motifs is 1. The van der Waals surface area contributed by atoms with Gasteiger partial charge in [-0.2, -0.15) is 0 Å². The van der Waals surface area contributed by atoms with E-state index in [0.717, 1.165) is 5.56 Å². The quantitative estimate of drug-likeness (QED) is 0.804. The molecule has 1 aromatic carbocycles. The van der Waals surface area contributed by atoms with E-state index >= 15 is 0 Å². The summed E-state index contributed by atoms with van der Waals surface area (Å²) in [6.07, 6.45) is 0. The molecule has 0 aliphatic carbocycles. The molecule has 0 saturated heterocycles. The SMILES string of the molecule is COCC(C)(NC(=O)c1csc(-c2ccc3c(c2)OCO3)n1)C(=O)O. The molecule has 1 amide bonds. The first kappa shape index (κ1) is 17.2. The Balaban J connectivity index is 1.79. The van der Waals surface area contributed by atoms with Crippen LogP contribution in [0.25, 0.3) is 10.6 Å². The van der Waals surface area contributed by atoms with E-state index in [9.17, 15) is 14.7 Å². The van der Waals surface area contributed by atoms with E-state index in [1.54, 1.807) is 17.5 Å². The number of carboxylic acids is 1. The van der Waals surface area contributed by atoms with E-state index in [4.69, 9.17) is 14.2 Å². The topological polar surface area (TPSA) is 107 Å². The third kappa shape index (κ3) is 3.42. The number of carboxylic acid groups (broad SMARTS) is 1. The molecular formula is C16H16N2O6S. The van der Waals surface area contributed by atoms with Gasteiger partial charge < -0.3 is 24.6 Å². The van der Waals surface area contributed by atoms with E-state index in [0.29, 0.717) is 16.5 Å². The van der Waals surface area contributed by atoms with Gasteiger partial charge in [0.1, 0.15) is 10.7 Å². The summed E-state index contributed by atoms with van der Waals surface area (Å²) >= 11 is 1.28. The number of rotatable bonds is 6. The number of thiazole rings is 1. The number of ether oxygens (including phenoxy) is 3. The van der Waals surface area contributed by atoms with Gasteiger partial charge in [0.2, 0.25) is 6.79 Å². The number of amides is 1. The molecule has 1 unspecified atom stereocenters. The Kier molecular flexibility index (Phi) is 4.60. The monoisotopic (exact) mass is 364 g/mol. The number of aromatic nitrogens is 1. The van der Waals surface area contributed by atoms with Crippen molar-refractivity contribution in [2.24, 2.45) is 0 Å². The maximum atomic E-state index is 12.3. The number of aliphatic carboxylic acids is 1. The van der Waals surface area contributed by atoms with Gasteiger partial charge in [-0.05, 0) is 25.1 Å². The predicted octanol–water partition coefficient (Wildman–Crippen LogP) is 1.76. The molecule has 3 rings (SSSR count). The summed E-state index contributed by atoms with van der Waals surface area (Å²) in [5.41, 5.74) is -0.610. The van der Waals surface area contributed by atoms with Crippen molar-refractivity contribution >= 4 is 23.2 Å². The molecule has 2 N–H and O–H groups in total. The molecule has 2 heterocycles. The minimum Gasteiger partial charge on any atom is -0.479 e. The Labute approximate surface area is 147 Å². The Morgan fingerprint density at radius 3 is 2.88 bits per heavy atom. The van der Waals surface area contributed by atoms with Crippen LogP contribution in [-0.2, 0) is 9.53 Å². The third-order valence-electron chi connectivity index (χ3n) is 3.65. The van der Waals surface area contributed by atoms with Crippen molar-refractivity contribution in [2.45, 2.75) is 12.5 Å². The van der Waals surface area contributed by atoms with Crippen LogP contribution in [0.5, 0.6) is 11.5 Å². The number of nitrogens with one attached hydrogen (secondary N) is 1. The van der Waals surface area contributed by atoms with Crippen molar-refractivity contribution in [1.82, 2.24) is 10.3 Å². The Bertz CT molecular complexity index is 821. The van der Waals surface area contributed by atoms with E-state index in [-0.39, 0.29) is 19.1 Å². The van der Waals surface area contributed by atoms with Crippen molar-refractivity contribution in [3.05, 3.63) is 29.3 Å². The van der Waals surface area contributed by atoms with Crippen molar-refractivity contribution < 1.29 is 28.9 Å². The number of methoxy groups -OCH3 is 1. The second kappa shape index (κ2) is 6.69. The average molecular weight is 364 g/mol. The molecule has 1 aliphatic rings. The number of hydrogen-bond acceptors (Lipinski definition) is 7. The highest BCUT2D eigenvalue weighted by molar-refractivity contribution is 7.13. The van der Waals surface area contributed by atoms with Crippen LogP contribution in [0.4, 0.5) is 0 Å². The van der Waals surface area contributed by atoms with Crippen LogP contribution >= 0.6 is 11.3 Å². The molecule has 0 saturated carbocycles. The lowest BCUT2D eigenvalue weighted by Crippen LogP contribution is -2.55. The van der Waals surface area contributed by atoms with Gasteiger partial charge in [0.15, 0.2) is 17.0 Å². The van der Waals surface area contributed by atoms with Crippen molar-refractivity contribution in [3.8, 4) is 22.1 Å². The van der Waals surface area contributed by atoms with Gasteiger partial charge in [0.25, 0.3) is 5.91 Å². The molecule has 1 atom stereocenters. The Morgan fingerprint density at radius 1 is 1.40 bits per heavy atom. The molecule has 1 aromatic heterocycles. The van der Waals surface area contributed by atoms with Gasteiger partial charge in [-0.3, -0.25) is 4.79 Å². The Hall–Kier alpha value is -2.65. The zero-order valence-corrected chi connectivity index (χ0v) is 14.4. The Morgan fingerprint density at radius 2 is 2.16 bits per heavy atom. The van der Waals surface area contributed by atoms with E-state index in [1.165, 1.54) is 25.4 Å². The second-order valence-electron chi connectivity index (χ2n) is 5.63. The normalized spacial score (nSPS) is 14.8. The van der Waals surface area contributed by atoms with Gasteiger partial charge in [0, 0.05) is 18.1 Å². The fourth-order valence-electron chi connectivity index (χ4n) is 2.29. The van der Waals surface area contributed by atoms with Crippen LogP contribution in [0, 0.1) is 0 Å². The molecule has 0 spiro atoms. The van der Waals surface area contributed by atoms with Gasteiger partial charge in [-0.25, -0.2) is 9.78 Å². The van der Waals surface area contributed by atoms with Gasteiger partial charge in [-0.15, -0.1) is 11.3 Å². The maximum absolute atomic E-state index is 12.3. The van der Waals surface area contributed by atoms with Crippen LogP contribution < -0.4 is 14.8 Å². The van der Waals surface area contributed by atoms with Gasteiger partial charge >= 0.3 is 5.97 Å². The van der Waals surface area contributed by atoms with E-state index in [2.05, 4.69) is 10.3 Å². The highest BCUT2D eigenvalue weighted by Crippen LogP contribution is 2.36. The molecule has 0 bridgehead atoms. The molecule has 132 valence electrons. The van der Waals surface area contributed by atoms with Gasteiger partial charge in [-0.1, -0.05) is 0 Å². The summed E-state index contributed by atoms with van der Waals surface area (Å²) in [6.45, 7) is 1.40. The lowest BCUT2D eigenvalue weighted by Gasteiger charge is -2.24. The lowest BCUT2D eigenvalue weighted by molar-refractivity contribution is -0.145. The number of benzene rings is 1. The fraction of sp³-hybridized carbons (Fsp3) is 0.312. The first-order valence-corrected chi connectivity index (χ1v) is 8.21. The minimum atomic E-state index is -1.53. The highest BCUT2D eigenvalue weighted by Gasteiger charge is 2.35. The van der Waals surface area contributed by atoms with Crippen molar-refractivity contribution in [3.63, 3.8) is 0 Å². The summed E-state index contributed by atoms with van der Waals surface area (Å²) in [5.74, 6) is -0.480. The standard InChI is InChI=1S/C16H16N2O6S/c1-16(7-22-2,15(20)21)18-13(19)10-6-25-14(17-10)9-3-4-11-12(5-9)24-8-23-11/h3-6H,7-8H2,1-2H3,(H,18,19)(H,20,21). The minimum absolute atomic E-state index is 0.140. The van der Waals surface area contributed by atoms with Crippen LogP contribution in [0.1, 0.15) is 17.4 Å². The van der Waals surface area contributed by atoms with Crippen molar-refractivity contribution in [2.75, 3.05) is 20.5 Å². The molecule has 0 fully saturated rings. The smallest absolute Gasteiger partial charge is 0.331 e. The summed E-state index contributed by atoms with van der Waals surface area (Å²) in [6, 6.07) is 5.38. The third-order valence-corrected chi connectivity index (χ3v) is 4.54. The van der Waals surface area contributed by atoms with Crippen LogP contribution in [0.15, 0.2) is 23.6 Å². The molecule has 0 radical (unpaired) electrons. The highest BCUT2D eigenvalue weighted by atomic mass is 32.1. The van der Waals surface area contributed by atoms with E-state index in [1.807, 2.05) is 6.07 Å². The summed E-state index contributed by atoms with van der Waals surface area (Å²) in [4.78, 5) is 28.0. The van der Waals surface area contributed by atoms with Gasteiger partial charge in [0.05, 0.1) is 6.61 Å². The summed E-state index contributed by atoms with van der Waals surface area (Å²) < 4.78 is 15.5. The second-order valence-corrected chi connectivity index (χ2v) is 6.49. The fourth-order valence-corrected chi connectivity index (χ4v) is 3.09. The predicted molar refractivity (Wildman–Crippen MR) is 89.1 cm³/mol. The number of carbonyl (C=O) groups is 2. The van der Waals surface area contributed by atoms with Crippen LogP contribution in [0.3, 0.4) is 0 Å². The summed E-state index contributed by atoms with van der Waals surface area (Å²) in [5, 5.41) is 13.9. The molecule has 25 heavy (non-hydrogen) atoms. The summed E-state index contributed by atoms with van der Waals surface area (Å²) in [7, 11) is 1.37. The average Bonchev–Trinajstić information content (AvgIpc) is 3.23.